The molecule has 1 aromatic heterocycles. The molecule has 0 aliphatic rings. The fraction of sp³-hybridized carbons (Fsp3) is 0.154. The Bertz CT molecular complexity index is 1420. The maximum absolute atomic E-state index is 12.6. The second kappa shape index (κ2) is 10.4. The Morgan fingerprint density at radius 1 is 1.03 bits per heavy atom. The number of para-hydroxylation sites is 1. The van der Waals surface area contributed by atoms with Crippen LogP contribution >= 0.6 is 11.6 Å². The number of rotatable bonds is 8. The number of aryl methyl sites for hydroxylation is 1. The lowest BCUT2D eigenvalue weighted by atomic mass is 9.90. The van der Waals surface area contributed by atoms with Crippen LogP contribution in [0.5, 0.6) is 0 Å². The summed E-state index contributed by atoms with van der Waals surface area (Å²) in [5.41, 5.74) is 3.25. The minimum absolute atomic E-state index is 0.114. The summed E-state index contributed by atoms with van der Waals surface area (Å²) in [6, 6.07) is 19.5. The molecule has 0 fully saturated rings. The normalized spacial score (nSPS) is 11.7. The molecule has 3 N–H and O–H groups in total. The van der Waals surface area contributed by atoms with Crippen molar-refractivity contribution in [3.05, 3.63) is 110 Å². The van der Waals surface area contributed by atoms with Gasteiger partial charge in [-0.1, -0.05) is 54.1 Å². The maximum atomic E-state index is 12.6. The van der Waals surface area contributed by atoms with Crippen molar-refractivity contribution in [3.63, 3.8) is 0 Å². The van der Waals surface area contributed by atoms with E-state index in [0.29, 0.717) is 10.6 Å². The molecule has 35 heavy (non-hydrogen) atoms. The van der Waals surface area contributed by atoms with E-state index in [1.54, 1.807) is 6.92 Å². The van der Waals surface area contributed by atoms with Crippen molar-refractivity contribution >= 4 is 40.0 Å². The number of amides is 2. The van der Waals surface area contributed by atoms with Crippen LogP contribution in [-0.4, -0.2) is 34.8 Å². The first-order chi connectivity index (χ1) is 16.8. The average Bonchev–Trinajstić information content (AvgIpc) is 3.28. The first-order valence-corrected chi connectivity index (χ1v) is 11.3. The van der Waals surface area contributed by atoms with Gasteiger partial charge in [-0.25, -0.2) is 0 Å². The van der Waals surface area contributed by atoms with Crippen molar-refractivity contribution < 1.29 is 14.5 Å². The van der Waals surface area contributed by atoms with Gasteiger partial charge in [0.2, 0.25) is 5.91 Å². The van der Waals surface area contributed by atoms with E-state index < -0.39 is 16.7 Å². The fourth-order valence-electron chi connectivity index (χ4n) is 4.02. The Morgan fingerprint density at radius 3 is 2.54 bits per heavy atom. The van der Waals surface area contributed by atoms with Gasteiger partial charge in [0.1, 0.15) is 0 Å². The first kappa shape index (κ1) is 24.0. The summed E-state index contributed by atoms with van der Waals surface area (Å²) in [5.74, 6) is -1.18. The van der Waals surface area contributed by atoms with Crippen molar-refractivity contribution in [1.29, 1.82) is 0 Å². The van der Waals surface area contributed by atoms with Crippen LogP contribution in [0.4, 0.5) is 5.69 Å². The van der Waals surface area contributed by atoms with Crippen LogP contribution in [0, 0.1) is 17.0 Å². The van der Waals surface area contributed by atoms with Gasteiger partial charge < -0.3 is 15.6 Å². The molecule has 0 aliphatic heterocycles. The Morgan fingerprint density at radius 2 is 1.77 bits per heavy atom. The molecule has 0 radical (unpaired) electrons. The summed E-state index contributed by atoms with van der Waals surface area (Å²) in [4.78, 5) is 38.9. The number of halogens is 1. The largest absolute Gasteiger partial charge is 0.361 e. The van der Waals surface area contributed by atoms with E-state index in [1.165, 1.54) is 18.2 Å². The maximum Gasteiger partial charge on any atom is 0.273 e. The Kier molecular flexibility index (Phi) is 7.12. The van der Waals surface area contributed by atoms with Crippen LogP contribution in [0.3, 0.4) is 0 Å². The number of nitro groups is 1. The molecule has 9 heteroatoms. The highest BCUT2D eigenvalue weighted by Crippen LogP contribution is 2.34. The van der Waals surface area contributed by atoms with E-state index in [2.05, 4.69) is 15.6 Å². The van der Waals surface area contributed by atoms with Gasteiger partial charge in [0.25, 0.3) is 11.6 Å². The van der Waals surface area contributed by atoms with Crippen molar-refractivity contribution in [1.82, 2.24) is 15.6 Å². The highest BCUT2D eigenvalue weighted by molar-refractivity contribution is 6.31. The number of nitrogens with one attached hydrogen (secondary N) is 3. The quantitative estimate of drug-likeness (QED) is 0.245. The lowest BCUT2D eigenvalue weighted by molar-refractivity contribution is -0.385. The minimum Gasteiger partial charge on any atom is -0.361 e. The lowest BCUT2D eigenvalue weighted by Crippen LogP contribution is -2.38. The molecule has 8 nitrogen and oxygen atoms in total. The number of hydrogen-bond donors (Lipinski definition) is 3. The molecular weight excluding hydrogens is 468 g/mol. The smallest absolute Gasteiger partial charge is 0.273 e. The molecule has 178 valence electrons. The minimum atomic E-state index is -0.567. The van der Waals surface area contributed by atoms with Crippen LogP contribution in [0.1, 0.15) is 33.0 Å². The van der Waals surface area contributed by atoms with Crippen LogP contribution in [-0.2, 0) is 4.79 Å². The molecule has 0 saturated heterocycles. The van der Waals surface area contributed by atoms with Gasteiger partial charge in [-0.15, -0.1) is 0 Å². The van der Waals surface area contributed by atoms with E-state index in [4.69, 9.17) is 11.6 Å². The van der Waals surface area contributed by atoms with Crippen molar-refractivity contribution in [2.75, 3.05) is 13.1 Å². The van der Waals surface area contributed by atoms with Crippen molar-refractivity contribution in [2.45, 2.75) is 12.8 Å². The summed E-state index contributed by atoms with van der Waals surface area (Å²) in [6.45, 7) is 1.58. The summed E-state index contributed by atoms with van der Waals surface area (Å²) in [6.07, 6.45) is 1.91. The number of aromatic amines is 1. The van der Waals surface area contributed by atoms with Crippen LogP contribution in [0.2, 0.25) is 5.02 Å². The Balaban J connectivity index is 1.46. The molecule has 0 saturated carbocycles. The topological polar surface area (TPSA) is 117 Å². The molecule has 0 spiro atoms. The number of aromatic nitrogens is 1. The molecule has 1 heterocycles. The van der Waals surface area contributed by atoms with E-state index >= 15 is 0 Å². The zero-order valence-corrected chi connectivity index (χ0v) is 19.6. The van der Waals surface area contributed by atoms with Gasteiger partial charge in [0.05, 0.1) is 11.5 Å². The first-order valence-electron chi connectivity index (χ1n) is 11.0. The number of nitro benzene ring substituents is 1. The van der Waals surface area contributed by atoms with Gasteiger partial charge in [-0.05, 0) is 36.2 Å². The summed E-state index contributed by atoms with van der Waals surface area (Å²) >= 11 is 6.49. The SMILES string of the molecule is Cc1ccc(C(=O)NCC(=O)NCC(c2ccccc2Cl)c2c[nH]c3ccccc23)cc1[N+](=O)[O-]. The number of hydrogen-bond acceptors (Lipinski definition) is 4. The number of carbonyl (C=O) groups excluding carboxylic acids is 2. The number of benzene rings is 3. The van der Waals surface area contributed by atoms with E-state index in [1.807, 2.05) is 54.7 Å². The average molecular weight is 491 g/mol. The van der Waals surface area contributed by atoms with E-state index in [0.717, 1.165) is 22.0 Å². The number of nitrogens with zero attached hydrogens (tertiary/aromatic N) is 1. The van der Waals surface area contributed by atoms with Gasteiger partial charge in [0, 0.05) is 51.8 Å². The van der Waals surface area contributed by atoms with Crippen molar-refractivity contribution in [3.8, 4) is 0 Å². The highest BCUT2D eigenvalue weighted by atomic mass is 35.5. The van der Waals surface area contributed by atoms with Crippen LogP contribution in [0.25, 0.3) is 10.9 Å². The molecule has 4 rings (SSSR count). The number of fused-ring (bicyclic) bond motifs is 1. The summed E-state index contributed by atoms with van der Waals surface area (Å²) < 4.78 is 0. The number of H-pyrrole nitrogens is 1. The van der Waals surface area contributed by atoms with Crippen molar-refractivity contribution in [2.24, 2.45) is 0 Å². The molecule has 1 atom stereocenters. The summed E-state index contributed by atoms with van der Waals surface area (Å²) in [7, 11) is 0. The molecular formula is C26H23ClN4O4. The molecule has 0 aliphatic carbocycles. The van der Waals surface area contributed by atoms with Crippen LogP contribution < -0.4 is 10.6 Å². The zero-order valence-electron chi connectivity index (χ0n) is 18.9. The zero-order chi connectivity index (χ0) is 24.9. The highest BCUT2D eigenvalue weighted by Gasteiger charge is 2.21. The van der Waals surface area contributed by atoms with E-state index in [9.17, 15) is 19.7 Å². The molecule has 1 unspecified atom stereocenters. The summed E-state index contributed by atoms with van der Waals surface area (Å²) in [5, 5.41) is 18.1. The standard InChI is InChI=1S/C26H23ClN4O4/c1-16-10-11-17(12-24(16)31(34)35)26(33)30-15-25(32)29-14-20(18-6-2-4-8-22(18)27)21-13-28-23-9-5-3-7-19(21)23/h2-13,20,28H,14-15H2,1H3,(H,29,32)(H,30,33). The lowest BCUT2D eigenvalue weighted by Gasteiger charge is -2.19. The second-order valence-corrected chi connectivity index (χ2v) is 8.52. The molecule has 4 aromatic rings. The van der Waals surface area contributed by atoms with Gasteiger partial charge in [0.15, 0.2) is 0 Å². The molecule has 3 aromatic carbocycles. The molecule has 0 bridgehead atoms. The Labute approximate surface area is 206 Å². The number of carbonyl (C=O) groups is 2. The second-order valence-electron chi connectivity index (χ2n) is 8.11. The third-order valence-corrected chi connectivity index (χ3v) is 6.20. The van der Waals surface area contributed by atoms with Gasteiger partial charge in [-0.2, -0.15) is 0 Å². The van der Waals surface area contributed by atoms with Gasteiger partial charge >= 0.3 is 0 Å². The molecule has 2 amide bonds. The monoisotopic (exact) mass is 490 g/mol. The Hall–Kier alpha value is -4.17. The van der Waals surface area contributed by atoms with Crippen LogP contribution in [0.15, 0.2) is 72.9 Å². The van der Waals surface area contributed by atoms with Gasteiger partial charge in [-0.3, -0.25) is 19.7 Å². The third-order valence-electron chi connectivity index (χ3n) is 5.86. The van der Waals surface area contributed by atoms with E-state index in [-0.39, 0.29) is 30.3 Å². The predicted octanol–water partition coefficient (Wildman–Crippen LogP) is 4.72. The third kappa shape index (κ3) is 5.33. The predicted molar refractivity (Wildman–Crippen MR) is 135 cm³/mol. The fourth-order valence-corrected chi connectivity index (χ4v) is 4.28.